The number of carboxylic acids is 1. The number of hydrogen-bond donors (Lipinski definition) is 17. The van der Waals surface area contributed by atoms with E-state index in [0.717, 1.165) is 54.6 Å². The number of Topliss-reactive ketones (excluding diaryl/α,β-unsaturated/α-hetero) is 1. The van der Waals surface area contributed by atoms with E-state index in [-0.39, 0.29) is 57.3 Å². The van der Waals surface area contributed by atoms with Crippen LogP contribution in [-0.2, 0) is 47.8 Å². The first-order valence-corrected chi connectivity index (χ1v) is 32.6. The number of phenols is 3. The number of fused-ring (bicyclic) bond motifs is 16. The van der Waals surface area contributed by atoms with Crippen LogP contribution in [0.5, 0.6) is 46.0 Å². The molecule has 2 fully saturated rings. The van der Waals surface area contributed by atoms with Crippen molar-refractivity contribution in [1.82, 2.24) is 26.6 Å². The zero-order valence-corrected chi connectivity index (χ0v) is 56.5. The predicted octanol–water partition coefficient (Wildman–Crippen LogP) is 2.65. The second-order valence-electron chi connectivity index (χ2n) is 25.8. The Labute approximate surface area is 586 Å². The van der Waals surface area contributed by atoms with Gasteiger partial charge in [0.2, 0.25) is 41.6 Å². The van der Waals surface area contributed by atoms with Crippen LogP contribution in [0, 0.1) is 10.8 Å². The number of carbonyl (C=O) groups is 7. The second kappa shape index (κ2) is 31.6. The third kappa shape index (κ3) is 16.9. The molecule has 6 heterocycles. The highest BCUT2D eigenvalue weighted by atomic mass is 35.5. The van der Waals surface area contributed by atoms with Crippen LogP contribution in [0.4, 0.5) is 0 Å². The Hall–Kier alpha value is -8.87. The maximum absolute atomic E-state index is 15.7. The van der Waals surface area contributed by atoms with Gasteiger partial charge in [0, 0.05) is 35.6 Å². The molecule has 0 saturated carbocycles. The second-order valence-corrected chi connectivity index (χ2v) is 26.7. The van der Waals surface area contributed by atoms with Crippen molar-refractivity contribution >= 4 is 64.5 Å². The molecule has 19 N–H and O–H groups in total. The number of nitroso groups, excluding NO2 is 1. The number of aliphatic carboxylic acids is 1. The van der Waals surface area contributed by atoms with Gasteiger partial charge in [0.25, 0.3) is 0 Å². The molecule has 34 heteroatoms. The number of carbonyl (C=O) groups excluding carboxylic acids is 6. The Morgan fingerprint density at radius 2 is 1.40 bits per heavy atom. The molecule has 0 spiro atoms. The number of nitrogens with two attached hydrogens (primary N) is 2. The van der Waals surface area contributed by atoms with Crippen molar-refractivity contribution in [3.63, 3.8) is 0 Å². The first kappa shape index (κ1) is 76.3. The number of ether oxygens (including phenoxy) is 6. The molecule has 101 heavy (non-hydrogen) atoms. The highest BCUT2D eigenvalue weighted by molar-refractivity contribution is 6.32. The molecule has 2 saturated heterocycles. The molecule has 0 radical (unpaired) electrons. The summed E-state index contributed by atoms with van der Waals surface area (Å²) in [5, 5.41) is 129. The van der Waals surface area contributed by atoms with Crippen LogP contribution >= 0.6 is 23.2 Å². The third-order valence-corrected chi connectivity index (χ3v) is 18.4. The minimum absolute atomic E-state index is 0.0487. The molecular formula is C67H78Cl2N8O24. The Morgan fingerprint density at radius 3 is 1.96 bits per heavy atom. The van der Waals surface area contributed by atoms with E-state index in [1.54, 1.807) is 0 Å². The van der Waals surface area contributed by atoms with Crippen molar-refractivity contribution in [2.45, 2.75) is 169 Å². The normalized spacial score (nSPS) is 29.1. The number of phenolic OH excluding ortho intramolecular Hbond substituents is 3. The lowest BCUT2D eigenvalue weighted by Crippen LogP contribution is -2.64. The van der Waals surface area contributed by atoms with Crippen molar-refractivity contribution in [3.8, 4) is 57.1 Å². The van der Waals surface area contributed by atoms with Crippen LogP contribution in [-0.4, -0.2) is 185 Å². The number of aliphatic hydroxyl groups is 6. The van der Waals surface area contributed by atoms with Crippen LogP contribution in [0.25, 0.3) is 11.1 Å². The lowest BCUT2D eigenvalue weighted by Gasteiger charge is -2.47. The summed E-state index contributed by atoms with van der Waals surface area (Å²) < 4.78 is 38.3. The van der Waals surface area contributed by atoms with Gasteiger partial charge in [0.1, 0.15) is 77.4 Å². The molecule has 5 aromatic carbocycles. The number of nitrogens with zero attached hydrogens (tertiary/aromatic N) is 1. The highest BCUT2D eigenvalue weighted by Crippen LogP contribution is 2.50. The predicted molar refractivity (Wildman–Crippen MR) is 354 cm³/mol. The number of primary amides is 1. The fourth-order valence-corrected chi connectivity index (χ4v) is 12.8. The van der Waals surface area contributed by atoms with Gasteiger partial charge in [-0.05, 0) is 123 Å². The molecule has 18 atom stereocenters. The van der Waals surface area contributed by atoms with Gasteiger partial charge >= 0.3 is 5.97 Å². The third-order valence-electron chi connectivity index (χ3n) is 17.8. The lowest BCUT2D eigenvalue weighted by atomic mass is 9.84. The Morgan fingerprint density at radius 1 is 0.772 bits per heavy atom. The number of ketones is 1. The zero-order valence-electron chi connectivity index (χ0n) is 55.0. The number of halogens is 2. The summed E-state index contributed by atoms with van der Waals surface area (Å²) in [6.45, 7) is 7.09. The Bertz CT molecular complexity index is 4000. The zero-order chi connectivity index (χ0) is 74.0. The molecule has 5 aromatic rings. The number of aromatic hydroxyl groups is 3. The van der Waals surface area contributed by atoms with E-state index in [4.69, 9.17) is 63.1 Å². The summed E-state index contributed by atoms with van der Waals surface area (Å²) in [6, 6.07) is 3.40. The highest BCUT2D eigenvalue weighted by Gasteiger charge is 2.51. The van der Waals surface area contributed by atoms with E-state index in [1.807, 2.05) is 13.8 Å². The number of nitrogens with one attached hydrogen (secondary N) is 5. The Balaban J connectivity index is 1.32. The molecule has 0 unspecified atom stereocenters. The topological polar surface area (TPSA) is 519 Å². The van der Waals surface area contributed by atoms with Gasteiger partial charge < -0.3 is 118 Å². The van der Waals surface area contributed by atoms with Crippen molar-refractivity contribution in [1.29, 1.82) is 0 Å². The number of amides is 5. The first-order chi connectivity index (χ1) is 47.6. The summed E-state index contributed by atoms with van der Waals surface area (Å²) in [5.74, 6) is -15.7. The number of likely N-dealkylation sites (N-methyl/N-ethyl adjacent to an activating group) is 1. The molecular weight excluding hydrogens is 1370 g/mol. The summed E-state index contributed by atoms with van der Waals surface area (Å²) in [7, 11) is 1.49. The number of rotatable bonds is 14. The van der Waals surface area contributed by atoms with E-state index >= 15 is 9.59 Å². The molecule has 544 valence electrons. The van der Waals surface area contributed by atoms with Crippen LogP contribution in [0.2, 0.25) is 10.0 Å². The average molecular weight is 1450 g/mol. The number of aliphatic hydroxyl groups excluding tert-OH is 6. The largest absolute Gasteiger partial charge is 0.508 e. The maximum Gasteiger partial charge on any atom is 0.311 e. The molecule has 9 bridgehead atoms. The number of benzene rings is 5. The van der Waals surface area contributed by atoms with E-state index in [9.17, 15) is 79.9 Å². The first-order valence-electron chi connectivity index (χ1n) is 31.8. The molecule has 6 aliphatic rings. The van der Waals surface area contributed by atoms with Gasteiger partial charge in [-0.15, -0.1) is 4.91 Å². The molecule has 32 nitrogen and oxygen atoms in total. The quantitative estimate of drug-likeness (QED) is 0.0711. The smallest absolute Gasteiger partial charge is 0.311 e. The molecule has 5 amide bonds. The van der Waals surface area contributed by atoms with Crippen molar-refractivity contribution in [3.05, 3.63) is 122 Å². The maximum atomic E-state index is 15.7. The van der Waals surface area contributed by atoms with Crippen molar-refractivity contribution in [2.75, 3.05) is 13.7 Å². The molecule has 6 aliphatic heterocycles. The summed E-state index contributed by atoms with van der Waals surface area (Å²) >= 11 is 14.0. The van der Waals surface area contributed by atoms with Crippen LogP contribution in [0.3, 0.4) is 0 Å². The van der Waals surface area contributed by atoms with Gasteiger partial charge in [0.15, 0.2) is 35.7 Å². The fourth-order valence-electron chi connectivity index (χ4n) is 12.4. The average Bonchev–Trinajstić information content (AvgIpc) is 0.776. The minimum Gasteiger partial charge on any atom is -0.508 e. The van der Waals surface area contributed by atoms with Crippen molar-refractivity contribution < 1.29 is 113 Å². The van der Waals surface area contributed by atoms with Crippen molar-refractivity contribution in [2.24, 2.45) is 22.6 Å². The van der Waals surface area contributed by atoms with Gasteiger partial charge in [-0.25, -0.2) is 0 Å². The number of hydrogen-bond acceptors (Lipinski definition) is 26. The monoisotopic (exact) mass is 1450 g/mol. The van der Waals surface area contributed by atoms with E-state index < -0.39 is 226 Å². The lowest BCUT2D eigenvalue weighted by molar-refractivity contribution is -0.333. The van der Waals surface area contributed by atoms with Crippen LogP contribution in [0.1, 0.15) is 118 Å². The van der Waals surface area contributed by atoms with Crippen LogP contribution in [0.15, 0.2) is 84.0 Å². The van der Waals surface area contributed by atoms with Gasteiger partial charge in [-0.2, -0.15) is 0 Å². The summed E-state index contributed by atoms with van der Waals surface area (Å²) in [6.07, 6.45) is -19.5. The van der Waals surface area contributed by atoms with Gasteiger partial charge in [0.05, 0.1) is 53.3 Å². The molecule has 0 aromatic heterocycles. The summed E-state index contributed by atoms with van der Waals surface area (Å²) in [4.78, 5) is 113. The molecule has 11 rings (SSSR count). The SMILES string of the molecule is CN[C@H](CC(C)C)C(=O)N[C@H]1C(=O)N[C@@H](CC(N)=O)C(=O)N[C@H]2C(=O)N[C@@H](C)c3ccc(O)c(c3)-c3c(O)cc(O)cc3[C@@H](C(=O)O)CC(=O)[C@@H](N=O)[C@H](O)c3ccc(c(Cl)c3)Oc3cc2cc(c3O[C@@H]2O[C@H](CO)[C@@H](O)[C@H](O)[C@H]2O[C@H]2C[C@](C)(N)[C@H](O)[C@H](C)O2)Oc2ccc(cc2Cl)[C@H]1O. The van der Waals surface area contributed by atoms with Crippen LogP contribution < -0.4 is 52.3 Å². The molecule has 0 aliphatic carbocycles. The van der Waals surface area contributed by atoms with Gasteiger partial charge in [-0.3, -0.25) is 33.6 Å². The van der Waals surface area contributed by atoms with E-state index in [0.29, 0.717) is 0 Å². The van der Waals surface area contributed by atoms with E-state index in [2.05, 4.69) is 31.8 Å². The minimum atomic E-state index is -2.29. The van der Waals surface area contributed by atoms with Gasteiger partial charge in [-0.1, -0.05) is 60.4 Å². The Kier molecular flexibility index (Phi) is 23.9. The standard InChI is InChI=1S/C67H78Cl2N8O24/c1-25(2)13-38(72-6)61(89)76-53-55(85)30-9-12-44(37(69)16-30)98-46-18-31-17-45(58(46)101-66-59(57(87)56(86)47(24-78)99-66)100-49-23-67(5,71)60(88)27(4)96-49)97-43-11-8-29(15-36(43)68)54(84)52(77-95)42(82)21-34(65(93)94)33-19-32(79)20-41(81)50(33)35-14-28(7-10-40(35)80)26(3)73-63(91)51(31)75-62(90)39(22-48(70)83)74-64(53)92/h7-12,14-20,25-27,34,38-39,47,49,51-57,59-60,66,72,78-81,84-88H,13,21-24,71H2,1-6H3,(H2,70,83)(H,73,91)(H,74,92)(H,75,90)(H,76,89)(H,93,94)/t26-,27-,34-,38+,39-,47+,49-,51+,52+,53+,54+,55+,56+,57-,59+,60+,66-,67-/m0/s1. The number of carboxylic acid groups (broad SMARTS) is 1. The summed E-state index contributed by atoms with van der Waals surface area (Å²) in [5.41, 5.74) is 8.73. The van der Waals surface area contributed by atoms with E-state index in [1.165, 1.54) is 52.1 Å². The fraction of sp³-hybridized carbons (Fsp3) is 0.448.